The molecule has 0 spiro atoms. The Labute approximate surface area is 137 Å². The molecule has 1 aromatic carbocycles. The van der Waals surface area contributed by atoms with Gasteiger partial charge < -0.3 is 10.6 Å². The molecule has 0 unspecified atom stereocenters. The maximum absolute atomic E-state index is 12.2. The molecule has 0 atom stereocenters. The van der Waals surface area contributed by atoms with Crippen LogP contribution >= 0.6 is 12.4 Å². The van der Waals surface area contributed by atoms with Gasteiger partial charge in [-0.05, 0) is 49.6 Å². The summed E-state index contributed by atoms with van der Waals surface area (Å²) in [5, 5.41) is 0. The van der Waals surface area contributed by atoms with E-state index >= 15 is 0 Å². The molecular weight excluding hydrogens is 326 g/mol. The standard InChI is InChI=1S/C14H21N3O3S.ClH/c1-11(18)17-9-6-12-10-13(4-5-14(12)17)21(19,20)16-8-3-2-7-15;/h4-5,10,16H,2-3,6-9,15H2,1H3;1H. The van der Waals surface area contributed by atoms with Crippen LogP contribution < -0.4 is 15.4 Å². The van der Waals surface area contributed by atoms with Crippen molar-refractivity contribution < 1.29 is 13.2 Å². The highest BCUT2D eigenvalue weighted by Crippen LogP contribution is 2.30. The van der Waals surface area contributed by atoms with Crippen LogP contribution in [0.5, 0.6) is 0 Å². The number of nitrogens with zero attached hydrogens (tertiary/aromatic N) is 1. The van der Waals surface area contributed by atoms with Crippen LogP contribution in [0.1, 0.15) is 25.3 Å². The molecule has 0 saturated heterocycles. The van der Waals surface area contributed by atoms with E-state index < -0.39 is 10.0 Å². The zero-order valence-electron chi connectivity index (χ0n) is 12.5. The maximum atomic E-state index is 12.2. The van der Waals surface area contributed by atoms with Crippen LogP contribution in [0.2, 0.25) is 0 Å². The molecule has 22 heavy (non-hydrogen) atoms. The smallest absolute Gasteiger partial charge is 0.240 e. The molecule has 2 rings (SSSR count). The molecule has 1 aliphatic rings. The van der Waals surface area contributed by atoms with E-state index in [-0.39, 0.29) is 23.2 Å². The minimum absolute atomic E-state index is 0. The van der Waals surface area contributed by atoms with Crippen molar-refractivity contribution in [2.75, 3.05) is 24.5 Å². The lowest BCUT2D eigenvalue weighted by atomic mass is 10.2. The number of carbonyl (C=O) groups is 1. The van der Waals surface area contributed by atoms with E-state index in [9.17, 15) is 13.2 Å². The van der Waals surface area contributed by atoms with E-state index in [2.05, 4.69) is 4.72 Å². The molecule has 124 valence electrons. The lowest BCUT2D eigenvalue weighted by molar-refractivity contribution is -0.116. The number of hydrogen-bond acceptors (Lipinski definition) is 4. The molecule has 0 bridgehead atoms. The van der Waals surface area contributed by atoms with Gasteiger partial charge >= 0.3 is 0 Å². The first kappa shape index (κ1) is 18.9. The molecule has 1 aromatic rings. The van der Waals surface area contributed by atoms with Crippen molar-refractivity contribution in [3.8, 4) is 0 Å². The molecule has 1 heterocycles. The van der Waals surface area contributed by atoms with Gasteiger partial charge in [-0.25, -0.2) is 13.1 Å². The third-order valence-corrected chi connectivity index (χ3v) is 5.02. The summed E-state index contributed by atoms with van der Waals surface area (Å²) in [4.78, 5) is 13.4. The van der Waals surface area contributed by atoms with E-state index in [1.165, 1.54) is 6.92 Å². The minimum atomic E-state index is -3.49. The molecule has 6 nitrogen and oxygen atoms in total. The van der Waals surface area contributed by atoms with Gasteiger partial charge in [-0.1, -0.05) is 0 Å². The van der Waals surface area contributed by atoms with E-state index in [0.717, 1.165) is 24.1 Å². The Morgan fingerprint density at radius 2 is 2.09 bits per heavy atom. The van der Waals surface area contributed by atoms with Gasteiger partial charge in [0.25, 0.3) is 0 Å². The number of carbonyl (C=O) groups excluding carboxylic acids is 1. The molecule has 0 saturated carbocycles. The Kier molecular flexibility index (Phi) is 6.80. The number of halogens is 1. The van der Waals surface area contributed by atoms with Crippen molar-refractivity contribution in [3.05, 3.63) is 23.8 Å². The van der Waals surface area contributed by atoms with E-state index in [1.54, 1.807) is 23.1 Å². The van der Waals surface area contributed by atoms with Gasteiger partial charge in [0.1, 0.15) is 0 Å². The average molecular weight is 348 g/mol. The molecular formula is C14H22ClN3O3S. The van der Waals surface area contributed by atoms with E-state index in [0.29, 0.717) is 26.1 Å². The fourth-order valence-electron chi connectivity index (χ4n) is 2.43. The number of benzene rings is 1. The van der Waals surface area contributed by atoms with Crippen molar-refractivity contribution in [1.29, 1.82) is 0 Å². The van der Waals surface area contributed by atoms with Gasteiger partial charge in [0, 0.05) is 25.7 Å². The van der Waals surface area contributed by atoms with E-state index in [4.69, 9.17) is 5.73 Å². The van der Waals surface area contributed by atoms with Crippen LogP contribution in [0.3, 0.4) is 0 Å². The van der Waals surface area contributed by atoms with E-state index in [1.807, 2.05) is 0 Å². The number of amides is 1. The maximum Gasteiger partial charge on any atom is 0.240 e. The number of sulfonamides is 1. The number of nitrogens with two attached hydrogens (primary N) is 1. The summed E-state index contributed by atoms with van der Waals surface area (Å²) in [6.07, 6.45) is 2.20. The number of rotatable bonds is 6. The zero-order chi connectivity index (χ0) is 15.5. The van der Waals surface area contributed by atoms with Crippen LogP contribution in [-0.4, -0.2) is 34.0 Å². The Hall–Kier alpha value is -1.15. The second-order valence-corrected chi connectivity index (χ2v) is 6.87. The average Bonchev–Trinajstić information content (AvgIpc) is 2.86. The normalized spacial score (nSPS) is 13.6. The molecule has 0 aromatic heterocycles. The largest absolute Gasteiger partial charge is 0.330 e. The summed E-state index contributed by atoms with van der Waals surface area (Å²) >= 11 is 0. The first-order valence-electron chi connectivity index (χ1n) is 7.06. The third kappa shape index (κ3) is 4.19. The van der Waals surface area contributed by atoms with Crippen molar-refractivity contribution >= 4 is 34.0 Å². The SMILES string of the molecule is CC(=O)N1CCc2cc(S(=O)(=O)NCCCCN)ccc21.Cl. The minimum Gasteiger partial charge on any atom is -0.330 e. The number of fused-ring (bicyclic) bond motifs is 1. The predicted octanol–water partition coefficient (Wildman–Crippen LogP) is 1.03. The van der Waals surface area contributed by atoms with Crippen LogP contribution in [0.4, 0.5) is 5.69 Å². The summed E-state index contributed by atoms with van der Waals surface area (Å²) < 4.78 is 26.9. The topological polar surface area (TPSA) is 92.5 Å². The highest BCUT2D eigenvalue weighted by Gasteiger charge is 2.24. The summed E-state index contributed by atoms with van der Waals surface area (Å²) in [6, 6.07) is 4.91. The predicted molar refractivity (Wildman–Crippen MR) is 88.9 cm³/mol. The van der Waals surface area contributed by atoms with Gasteiger partial charge in [-0.2, -0.15) is 0 Å². The van der Waals surface area contributed by atoms with Gasteiger partial charge in [-0.3, -0.25) is 4.79 Å². The molecule has 0 fully saturated rings. The van der Waals surface area contributed by atoms with Crippen molar-refractivity contribution in [1.82, 2.24) is 4.72 Å². The summed E-state index contributed by atoms with van der Waals surface area (Å²) in [6.45, 7) is 3.06. The molecule has 1 aliphatic heterocycles. The Morgan fingerprint density at radius 1 is 1.36 bits per heavy atom. The Balaban J connectivity index is 0.00000242. The van der Waals surface area contributed by atoms with Crippen LogP contribution in [-0.2, 0) is 21.2 Å². The van der Waals surface area contributed by atoms with Crippen LogP contribution in [0, 0.1) is 0 Å². The highest BCUT2D eigenvalue weighted by atomic mass is 35.5. The first-order valence-corrected chi connectivity index (χ1v) is 8.55. The monoisotopic (exact) mass is 347 g/mol. The van der Waals surface area contributed by atoms with Gasteiger partial charge in [0.15, 0.2) is 0 Å². The van der Waals surface area contributed by atoms with Crippen LogP contribution in [0.15, 0.2) is 23.1 Å². The van der Waals surface area contributed by atoms with Crippen molar-refractivity contribution in [2.45, 2.75) is 31.1 Å². The third-order valence-electron chi connectivity index (χ3n) is 3.56. The lowest BCUT2D eigenvalue weighted by Crippen LogP contribution is -2.26. The fraction of sp³-hybridized carbons (Fsp3) is 0.500. The van der Waals surface area contributed by atoms with Gasteiger partial charge in [0.05, 0.1) is 4.90 Å². The number of nitrogens with one attached hydrogen (secondary N) is 1. The second-order valence-electron chi connectivity index (χ2n) is 5.10. The van der Waals surface area contributed by atoms with Gasteiger partial charge in [0.2, 0.25) is 15.9 Å². The first-order chi connectivity index (χ1) is 9.95. The van der Waals surface area contributed by atoms with Gasteiger partial charge in [-0.15, -0.1) is 12.4 Å². The quantitative estimate of drug-likeness (QED) is 0.752. The number of hydrogen-bond donors (Lipinski definition) is 2. The zero-order valence-corrected chi connectivity index (χ0v) is 14.2. The number of anilines is 1. The van der Waals surface area contributed by atoms with Crippen molar-refractivity contribution in [3.63, 3.8) is 0 Å². The number of unbranched alkanes of at least 4 members (excludes halogenated alkanes) is 1. The fourth-order valence-corrected chi connectivity index (χ4v) is 3.56. The summed E-state index contributed by atoms with van der Waals surface area (Å²) in [5.41, 5.74) is 7.09. The molecule has 0 radical (unpaired) electrons. The summed E-state index contributed by atoms with van der Waals surface area (Å²) in [5.74, 6) is -0.0238. The highest BCUT2D eigenvalue weighted by molar-refractivity contribution is 7.89. The molecule has 8 heteroatoms. The van der Waals surface area contributed by atoms with Crippen molar-refractivity contribution in [2.24, 2.45) is 5.73 Å². The Morgan fingerprint density at radius 3 is 2.73 bits per heavy atom. The summed E-state index contributed by atoms with van der Waals surface area (Å²) in [7, 11) is -3.49. The molecule has 1 amide bonds. The lowest BCUT2D eigenvalue weighted by Gasteiger charge is -2.15. The molecule has 0 aliphatic carbocycles. The Bertz CT molecular complexity index is 634. The molecule has 3 N–H and O–H groups in total. The van der Waals surface area contributed by atoms with Crippen LogP contribution in [0.25, 0.3) is 0 Å². The second kappa shape index (κ2) is 7.92.